The van der Waals surface area contributed by atoms with Crippen LogP contribution in [0.4, 0.5) is 5.69 Å². The molecule has 2 aromatic rings. The van der Waals surface area contributed by atoms with Crippen LogP contribution in [0.15, 0.2) is 42.7 Å². The van der Waals surface area contributed by atoms with Crippen molar-refractivity contribution in [1.82, 2.24) is 14.7 Å². The van der Waals surface area contributed by atoms with Crippen LogP contribution in [0.25, 0.3) is 0 Å². The van der Waals surface area contributed by atoms with E-state index in [1.807, 2.05) is 35.2 Å². The van der Waals surface area contributed by atoms with Crippen molar-refractivity contribution in [3.05, 3.63) is 48.3 Å². The van der Waals surface area contributed by atoms with Gasteiger partial charge in [-0.1, -0.05) is 30.3 Å². The first-order valence-electron chi connectivity index (χ1n) is 8.89. The summed E-state index contributed by atoms with van der Waals surface area (Å²) in [5.41, 5.74) is 1.45. The monoisotopic (exact) mass is 356 g/mol. The Morgan fingerprint density at radius 1 is 1.38 bits per heavy atom. The van der Waals surface area contributed by atoms with E-state index in [0.29, 0.717) is 18.8 Å². The summed E-state index contributed by atoms with van der Waals surface area (Å²) in [7, 11) is 1.79. The van der Waals surface area contributed by atoms with Crippen LogP contribution in [0.2, 0.25) is 0 Å². The molecule has 7 heteroatoms. The summed E-state index contributed by atoms with van der Waals surface area (Å²) < 4.78 is 1.63. The van der Waals surface area contributed by atoms with E-state index in [0.717, 1.165) is 5.56 Å². The maximum atomic E-state index is 12.3. The van der Waals surface area contributed by atoms with Gasteiger partial charge in [-0.25, -0.2) is 0 Å². The number of hydrogen-bond donors (Lipinski definition) is 3. The number of amides is 1. The van der Waals surface area contributed by atoms with E-state index < -0.39 is 6.10 Å². The number of carbonyl (C=O) groups is 1. The number of carbonyl (C=O) groups excluding carboxylic acids is 1. The van der Waals surface area contributed by atoms with Crippen molar-refractivity contribution in [2.24, 2.45) is 18.4 Å². The minimum atomic E-state index is -0.545. The number of nitrogens with zero attached hydrogens (tertiary/aromatic N) is 3. The molecule has 2 aliphatic rings. The second-order valence-corrected chi connectivity index (χ2v) is 7.43. The van der Waals surface area contributed by atoms with Crippen LogP contribution in [-0.4, -0.2) is 63.1 Å². The molecule has 26 heavy (non-hydrogen) atoms. The second-order valence-electron chi connectivity index (χ2n) is 7.43. The zero-order valence-corrected chi connectivity index (χ0v) is 14.7. The fourth-order valence-corrected chi connectivity index (χ4v) is 4.67. The van der Waals surface area contributed by atoms with E-state index in [-0.39, 0.29) is 36.3 Å². The van der Waals surface area contributed by atoms with Crippen LogP contribution >= 0.6 is 0 Å². The number of benzene rings is 1. The zero-order valence-electron chi connectivity index (χ0n) is 14.7. The molecule has 1 amide bonds. The SMILES string of the molecule is Cn1cc(NC(=O)CN2C[C@H](O)[C@@]3(C2)[C@H](CO)[C@H]3c2ccccc2)cn1. The molecule has 7 nitrogen and oxygen atoms in total. The molecular weight excluding hydrogens is 332 g/mol. The number of rotatable bonds is 5. The van der Waals surface area contributed by atoms with Gasteiger partial charge >= 0.3 is 0 Å². The number of anilines is 1. The molecule has 1 aromatic heterocycles. The highest BCUT2D eigenvalue weighted by Crippen LogP contribution is 2.68. The third-order valence-electron chi connectivity index (χ3n) is 5.82. The van der Waals surface area contributed by atoms with Crippen molar-refractivity contribution < 1.29 is 15.0 Å². The van der Waals surface area contributed by atoms with E-state index in [2.05, 4.69) is 10.4 Å². The lowest BCUT2D eigenvalue weighted by Gasteiger charge is -2.16. The molecule has 2 fully saturated rings. The Balaban J connectivity index is 1.43. The molecule has 4 atom stereocenters. The Bertz CT molecular complexity index is 793. The number of hydrogen-bond acceptors (Lipinski definition) is 5. The van der Waals surface area contributed by atoms with Crippen LogP contribution < -0.4 is 5.32 Å². The Morgan fingerprint density at radius 3 is 2.81 bits per heavy atom. The molecule has 2 heterocycles. The predicted octanol–water partition coefficient (Wildman–Crippen LogP) is 0.427. The van der Waals surface area contributed by atoms with Crippen molar-refractivity contribution in [2.75, 3.05) is 31.6 Å². The molecular formula is C19H24N4O3. The summed E-state index contributed by atoms with van der Waals surface area (Å²) >= 11 is 0. The third kappa shape index (κ3) is 2.82. The first kappa shape index (κ1) is 17.2. The van der Waals surface area contributed by atoms with Crippen LogP contribution in [0.1, 0.15) is 11.5 Å². The van der Waals surface area contributed by atoms with Gasteiger partial charge in [-0.2, -0.15) is 5.10 Å². The highest BCUT2D eigenvalue weighted by Gasteiger charge is 2.70. The minimum Gasteiger partial charge on any atom is -0.396 e. The Hall–Kier alpha value is -2.22. The summed E-state index contributed by atoms with van der Waals surface area (Å²) in [5, 5.41) is 27.4. The number of aromatic nitrogens is 2. The molecule has 1 aliphatic carbocycles. The number of aliphatic hydroxyl groups excluding tert-OH is 2. The lowest BCUT2D eigenvalue weighted by molar-refractivity contribution is -0.117. The molecule has 0 bridgehead atoms. The second kappa shape index (κ2) is 6.50. The molecule has 4 rings (SSSR count). The molecule has 1 aromatic carbocycles. The third-order valence-corrected chi connectivity index (χ3v) is 5.82. The maximum Gasteiger partial charge on any atom is 0.238 e. The van der Waals surface area contributed by atoms with E-state index >= 15 is 0 Å². The van der Waals surface area contributed by atoms with Crippen molar-refractivity contribution in [2.45, 2.75) is 12.0 Å². The summed E-state index contributed by atoms with van der Waals surface area (Å²) in [5.74, 6) is 0.0427. The van der Waals surface area contributed by atoms with Gasteiger partial charge in [0, 0.05) is 38.4 Å². The van der Waals surface area contributed by atoms with Gasteiger partial charge < -0.3 is 15.5 Å². The van der Waals surface area contributed by atoms with Gasteiger partial charge in [0.15, 0.2) is 0 Å². The fourth-order valence-electron chi connectivity index (χ4n) is 4.67. The van der Waals surface area contributed by atoms with Gasteiger partial charge in [-0.15, -0.1) is 0 Å². The molecule has 1 spiro atoms. The average molecular weight is 356 g/mol. The molecule has 0 unspecified atom stereocenters. The van der Waals surface area contributed by atoms with Gasteiger partial charge in [0.25, 0.3) is 0 Å². The van der Waals surface area contributed by atoms with Gasteiger partial charge in [0.05, 0.1) is 24.5 Å². The molecule has 1 saturated heterocycles. The lowest BCUT2D eigenvalue weighted by Crippen LogP contribution is -2.32. The predicted molar refractivity (Wildman–Crippen MR) is 96.5 cm³/mol. The van der Waals surface area contributed by atoms with E-state index in [1.165, 1.54) is 0 Å². The highest BCUT2D eigenvalue weighted by atomic mass is 16.3. The van der Waals surface area contributed by atoms with E-state index in [1.54, 1.807) is 24.1 Å². The fraction of sp³-hybridized carbons (Fsp3) is 0.474. The number of likely N-dealkylation sites (tertiary alicyclic amines) is 1. The first-order valence-corrected chi connectivity index (χ1v) is 8.89. The van der Waals surface area contributed by atoms with Crippen molar-refractivity contribution in [3.8, 4) is 0 Å². The van der Waals surface area contributed by atoms with Crippen molar-refractivity contribution in [1.29, 1.82) is 0 Å². The van der Waals surface area contributed by atoms with Gasteiger partial charge in [-0.05, 0) is 17.4 Å². The number of aliphatic hydroxyl groups is 2. The van der Waals surface area contributed by atoms with Crippen LogP contribution in [0.3, 0.4) is 0 Å². The normalized spacial score (nSPS) is 30.7. The Morgan fingerprint density at radius 2 is 2.15 bits per heavy atom. The van der Waals surface area contributed by atoms with Gasteiger partial charge in [0.2, 0.25) is 5.91 Å². The van der Waals surface area contributed by atoms with Crippen molar-refractivity contribution >= 4 is 11.6 Å². The number of β-amino-alcohol motifs (C(OH)–C–C–N with tert-alkyl or cyclic N) is 1. The zero-order chi connectivity index (χ0) is 18.3. The first-order chi connectivity index (χ1) is 12.5. The Labute approximate surface area is 152 Å². The summed E-state index contributed by atoms with van der Waals surface area (Å²) in [4.78, 5) is 14.3. The van der Waals surface area contributed by atoms with Crippen LogP contribution in [0.5, 0.6) is 0 Å². The number of aryl methyl sites for hydroxylation is 1. The average Bonchev–Trinajstić information content (AvgIpc) is 2.90. The largest absolute Gasteiger partial charge is 0.396 e. The van der Waals surface area contributed by atoms with E-state index in [4.69, 9.17) is 0 Å². The topological polar surface area (TPSA) is 90.6 Å². The summed E-state index contributed by atoms with van der Waals surface area (Å²) in [6.07, 6.45) is 2.80. The standard InChI is InChI=1S/C19H24N4O3/c1-22-8-14(7-20-22)21-17(26)10-23-9-16(25)19(12-23)15(11-24)18(19)13-5-3-2-4-6-13/h2-8,15-16,18,24-25H,9-12H2,1H3,(H,21,26)/t15-,16+,18-,19-/m1/s1. The lowest BCUT2D eigenvalue weighted by atomic mass is 9.95. The van der Waals surface area contributed by atoms with Gasteiger partial charge in [-0.3, -0.25) is 14.4 Å². The van der Waals surface area contributed by atoms with E-state index in [9.17, 15) is 15.0 Å². The van der Waals surface area contributed by atoms with Crippen LogP contribution in [0, 0.1) is 11.3 Å². The smallest absolute Gasteiger partial charge is 0.238 e. The highest BCUT2D eigenvalue weighted by molar-refractivity contribution is 5.92. The van der Waals surface area contributed by atoms with Crippen LogP contribution in [-0.2, 0) is 11.8 Å². The van der Waals surface area contributed by atoms with Crippen molar-refractivity contribution in [3.63, 3.8) is 0 Å². The number of nitrogens with one attached hydrogen (secondary N) is 1. The molecule has 1 aliphatic heterocycles. The maximum absolute atomic E-state index is 12.3. The van der Waals surface area contributed by atoms with Gasteiger partial charge in [0.1, 0.15) is 0 Å². The molecule has 138 valence electrons. The summed E-state index contributed by atoms with van der Waals surface area (Å²) in [6, 6.07) is 10.0. The molecule has 1 saturated carbocycles. The quantitative estimate of drug-likeness (QED) is 0.723. The summed E-state index contributed by atoms with van der Waals surface area (Å²) in [6.45, 7) is 1.32. The molecule has 3 N–H and O–H groups in total. The minimum absolute atomic E-state index is 0.0336. The molecule has 0 radical (unpaired) electrons. The Kier molecular flexibility index (Phi) is 4.30.